The zero-order valence-corrected chi connectivity index (χ0v) is 15.5. The normalized spacial score (nSPS) is 14.5. The number of ketones is 1. The number of benzene rings is 2. The van der Waals surface area contributed by atoms with Gasteiger partial charge in [0.25, 0.3) is 0 Å². The minimum atomic E-state index is -3.85. The number of sulfone groups is 1. The van der Waals surface area contributed by atoms with E-state index in [4.69, 9.17) is 4.74 Å². The molecule has 3 aromatic rings. The molecule has 1 aliphatic heterocycles. The van der Waals surface area contributed by atoms with E-state index in [2.05, 4.69) is 15.4 Å². The third-order valence-electron chi connectivity index (χ3n) is 4.24. The smallest absolute Gasteiger partial charge is 0.208 e. The second-order valence-electron chi connectivity index (χ2n) is 6.15. The van der Waals surface area contributed by atoms with Crippen molar-refractivity contribution < 1.29 is 17.9 Å². The molecule has 0 unspecified atom stereocenters. The summed E-state index contributed by atoms with van der Waals surface area (Å²) in [6, 6.07) is 9.01. The summed E-state index contributed by atoms with van der Waals surface area (Å²) in [6.45, 7) is 2.46. The number of hydrogen-bond donors (Lipinski definition) is 0. The Labute approximate surface area is 155 Å². The fourth-order valence-corrected chi connectivity index (χ4v) is 4.62. The molecule has 0 saturated carbocycles. The summed E-state index contributed by atoms with van der Waals surface area (Å²) in [5, 5.41) is 11.7. The molecule has 138 valence electrons. The molecule has 0 saturated heterocycles. The number of nitrogens with zero attached hydrogens (tertiary/aromatic N) is 4. The highest BCUT2D eigenvalue weighted by atomic mass is 32.2. The number of rotatable bonds is 4. The Balaban J connectivity index is 1.85. The van der Waals surface area contributed by atoms with E-state index in [1.165, 1.54) is 29.1 Å². The molecule has 4 rings (SSSR count). The van der Waals surface area contributed by atoms with Crippen LogP contribution >= 0.6 is 0 Å². The van der Waals surface area contributed by atoms with Crippen LogP contribution in [0.5, 0.6) is 5.75 Å². The van der Waals surface area contributed by atoms with Gasteiger partial charge in [-0.05, 0) is 42.0 Å². The van der Waals surface area contributed by atoms with Gasteiger partial charge in [-0.15, -0.1) is 10.2 Å². The molecule has 0 atom stereocenters. The summed E-state index contributed by atoms with van der Waals surface area (Å²) in [5.74, 6) is 0.412. The van der Waals surface area contributed by atoms with Crippen LogP contribution in [0.2, 0.25) is 0 Å². The van der Waals surface area contributed by atoms with Crippen LogP contribution in [0.3, 0.4) is 0 Å². The number of carbonyl (C=O) groups excluding carboxylic acids is 1. The predicted octanol–water partition coefficient (Wildman–Crippen LogP) is 2.04. The van der Waals surface area contributed by atoms with Crippen molar-refractivity contribution in [3.8, 4) is 17.1 Å². The Hall–Kier alpha value is -3.07. The summed E-state index contributed by atoms with van der Waals surface area (Å²) in [5.41, 5.74) is 0.730. The lowest BCUT2D eigenvalue weighted by Crippen LogP contribution is -2.20. The molecule has 2 heterocycles. The first-order chi connectivity index (χ1) is 12.9. The van der Waals surface area contributed by atoms with Crippen molar-refractivity contribution in [2.45, 2.75) is 23.1 Å². The summed E-state index contributed by atoms with van der Waals surface area (Å²) in [6.07, 6.45) is 0.811. The number of tetrazole rings is 1. The average Bonchev–Trinajstić information content (AvgIpc) is 3.10. The molecule has 0 spiro atoms. The van der Waals surface area contributed by atoms with Crippen molar-refractivity contribution in [2.75, 3.05) is 6.61 Å². The van der Waals surface area contributed by atoms with Crippen molar-refractivity contribution >= 4 is 15.6 Å². The van der Waals surface area contributed by atoms with Gasteiger partial charge in [0.1, 0.15) is 5.75 Å². The summed E-state index contributed by atoms with van der Waals surface area (Å²) in [7, 11) is -2.24. The molecule has 8 nitrogen and oxygen atoms in total. The zero-order valence-electron chi connectivity index (χ0n) is 14.7. The van der Waals surface area contributed by atoms with E-state index in [1.807, 2.05) is 6.92 Å². The molecule has 27 heavy (non-hydrogen) atoms. The first kappa shape index (κ1) is 17.3. The Morgan fingerprint density at radius 2 is 1.89 bits per heavy atom. The van der Waals surface area contributed by atoms with E-state index in [-0.39, 0.29) is 32.5 Å². The maximum Gasteiger partial charge on any atom is 0.208 e. The minimum absolute atomic E-state index is 0.0203. The van der Waals surface area contributed by atoms with Gasteiger partial charge in [0, 0.05) is 16.7 Å². The molecular weight excluding hydrogens is 368 g/mol. The highest BCUT2D eigenvalue weighted by molar-refractivity contribution is 7.91. The van der Waals surface area contributed by atoms with E-state index in [9.17, 15) is 13.2 Å². The van der Waals surface area contributed by atoms with Gasteiger partial charge >= 0.3 is 0 Å². The van der Waals surface area contributed by atoms with E-state index in [1.54, 1.807) is 19.2 Å². The Bertz CT molecular complexity index is 1170. The monoisotopic (exact) mass is 384 g/mol. The van der Waals surface area contributed by atoms with Gasteiger partial charge in [0.15, 0.2) is 5.78 Å². The van der Waals surface area contributed by atoms with E-state index in [0.717, 1.165) is 6.42 Å². The number of carbonyl (C=O) groups is 1. The van der Waals surface area contributed by atoms with Crippen molar-refractivity contribution in [3.63, 3.8) is 0 Å². The zero-order chi connectivity index (χ0) is 19.2. The molecule has 0 amide bonds. The first-order valence-corrected chi connectivity index (χ1v) is 9.85. The molecule has 0 fully saturated rings. The van der Waals surface area contributed by atoms with Gasteiger partial charge in [0.05, 0.1) is 23.4 Å². The molecular formula is C18H16N4O4S. The molecule has 0 bridgehead atoms. The van der Waals surface area contributed by atoms with Crippen LogP contribution in [0, 0.1) is 0 Å². The van der Waals surface area contributed by atoms with Gasteiger partial charge in [-0.3, -0.25) is 4.79 Å². The lowest BCUT2D eigenvalue weighted by atomic mass is 10.0. The molecule has 0 aliphatic carbocycles. The van der Waals surface area contributed by atoms with Gasteiger partial charge < -0.3 is 4.74 Å². The standard InChI is InChI=1S/C18H16N4O4S/c1-3-8-26-12-5-7-15-14(10-12)17(23)13-6-4-11(9-16(13)27(15,24)25)18-19-21-22(2)20-18/h4-7,9-10H,3,8H2,1-2H3. The second kappa shape index (κ2) is 6.27. The van der Waals surface area contributed by atoms with Crippen molar-refractivity contribution in [2.24, 2.45) is 7.05 Å². The number of hydrogen-bond acceptors (Lipinski definition) is 7. The van der Waals surface area contributed by atoms with Crippen molar-refractivity contribution in [1.82, 2.24) is 20.2 Å². The van der Waals surface area contributed by atoms with Crippen molar-refractivity contribution in [3.05, 3.63) is 47.5 Å². The van der Waals surface area contributed by atoms with Crippen LogP contribution in [-0.4, -0.2) is 41.0 Å². The summed E-state index contributed by atoms with van der Waals surface area (Å²) in [4.78, 5) is 14.1. The lowest BCUT2D eigenvalue weighted by molar-refractivity contribution is 0.103. The molecule has 2 aromatic carbocycles. The van der Waals surface area contributed by atoms with Crippen LogP contribution in [-0.2, 0) is 16.9 Å². The third kappa shape index (κ3) is 2.80. The molecule has 9 heteroatoms. The number of aryl methyl sites for hydroxylation is 1. The fourth-order valence-electron chi connectivity index (χ4n) is 2.97. The van der Waals surface area contributed by atoms with E-state index < -0.39 is 9.84 Å². The first-order valence-electron chi connectivity index (χ1n) is 8.37. The molecule has 0 radical (unpaired) electrons. The SMILES string of the molecule is CCCOc1ccc2c(c1)C(=O)c1ccc(-c3nnn(C)n3)cc1S2(=O)=O. The van der Waals surface area contributed by atoms with Crippen LogP contribution in [0.4, 0.5) is 0 Å². The second-order valence-corrected chi connectivity index (χ2v) is 8.04. The van der Waals surface area contributed by atoms with Crippen LogP contribution in [0.1, 0.15) is 29.3 Å². The highest BCUT2D eigenvalue weighted by Gasteiger charge is 2.35. The van der Waals surface area contributed by atoms with Gasteiger partial charge in [-0.1, -0.05) is 13.0 Å². The van der Waals surface area contributed by atoms with Crippen molar-refractivity contribution in [1.29, 1.82) is 0 Å². The Morgan fingerprint density at radius 3 is 2.59 bits per heavy atom. The Morgan fingerprint density at radius 1 is 1.07 bits per heavy atom. The quantitative estimate of drug-likeness (QED) is 0.530. The number of aromatic nitrogens is 4. The largest absolute Gasteiger partial charge is 0.494 e. The number of ether oxygens (including phenoxy) is 1. The maximum atomic E-state index is 13.1. The maximum absolute atomic E-state index is 13.1. The predicted molar refractivity (Wildman–Crippen MR) is 95.3 cm³/mol. The summed E-state index contributed by atoms with van der Waals surface area (Å²) >= 11 is 0. The van der Waals surface area contributed by atoms with Gasteiger partial charge in [0.2, 0.25) is 15.7 Å². The van der Waals surface area contributed by atoms with E-state index in [0.29, 0.717) is 17.9 Å². The van der Waals surface area contributed by atoms with E-state index >= 15 is 0 Å². The van der Waals surface area contributed by atoms with Gasteiger partial charge in [-0.25, -0.2) is 8.42 Å². The summed E-state index contributed by atoms with van der Waals surface area (Å²) < 4.78 is 31.7. The van der Waals surface area contributed by atoms with Crippen LogP contribution in [0.25, 0.3) is 11.4 Å². The van der Waals surface area contributed by atoms with Gasteiger partial charge in [-0.2, -0.15) is 4.80 Å². The third-order valence-corrected chi connectivity index (χ3v) is 6.09. The molecule has 0 N–H and O–H groups in total. The lowest BCUT2D eigenvalue weighted by Gasteiger charge is -2.20. The average molecular weight is 384 g/mol. The Kier molecular flexibility index (Phi) is 4.03. The number of fused-ring (bicyclic) bond motifs is 2. The highest BCUT2D eigenvalue weighted by Crippen LogP contribution is 2.37. The minimum Gasteiger partial charge on any atom is -0.494 e. The topological polar surface area (TPSA) is 104 Å². The molecule has 1 aromatic heterocycles. The van der Waals surface area contributed by atoms with Crippen LogP contribution in [0.15, 0.2) is 46.2 Å². The van der Waals surface area contributed by atoms with Crippen LogP contribution < -0.4 is 4.74 Å². The molecule has 1 aliphatic rings. The fraction of sp³-hybridized carbons (Fsp3) is 0.222.